The van der Waals surface area contributed by atoms with Crippen LogP contribution in [0.1, 0.15) is 57.8 Å². The lowest BCUT2D eigenvalue weighted by molar-refractivity contribution is -0.132. The van der Waals surface area contributed by atoms with E-state index in [1.807, 2.05) is 0 Å². The van der Waals surface area contributed by atoms with Crippen molar-refractivity contribution in [3.8, 4) is 0 Å². The van der Waals surface area contributed by atoms with Gasteiger partial charge in [0.15, 0.2) is 0 Å². The first kappa shape index (κ1) is 12.5. The van der Waals surface area contributed by atoms with Crippen molar-refractivity contribution in [1.82, 2.24) is 10.2 Å². The van der Waals surface area contributed by atoms with Crippen LogP contribution in [0.4, 0.5) is 0 Å². The summed E-state index contributed by atoms with van der Waals surface area (Å²) in [6.45, 7) is 1.58. The molecule has 0 aromatic rings. The lowest BCUT2D eigenvalue weighted by atomic mass is 9.83. The highest BCUT2D eigenvalue weighted by molar-refractivity contribution is 5.79. The fourth-order valence-electron chi connectivity index (χ4n) is 3.73. The minimum Gasteiger partial charge on any atom is -0.338 e. The highest BCUT2D eigenvalue weighted by Crippen LogP contribution is 2.34. The molecular formula is C15H26N2O. The number of hydrogen-bond acceptors (Lipinski definition) is 2. The number of amides is 1. The van der Waals surface area contributed by atoms with E-state index in [2.05, 4.69) is 10.2 Å². The molecule has 1 unspecified atom stereocenters. The van der Waals surface area contributed by atoms with Gasteiger partial charge in [-0.1, -0.05) is 19.3 Å². The van der Waals surface area contributed by atoms with Gasteiger partial charge in [-0.2, -0.15) is 0 Å². The van der Waals surface area contributed by atoms with Gasteiger partial charge in [0.25, 0.3) is 0 Å². The summed E-state index contributed by atoms with van der Waals surface area (Å²) >= 11 is 0. The number of nitrogens with zero attached hydrogens (tertiary/aromatic N) is 1. The molecule has 0 aromatic carbocycles. The SMILES string of the molecule is O=C(CNC1CC1)N1CCCC1C1CCCCC1. The van der Waals surface area contributed by atoms with Crippen molar-refractivity contribution < 1.29 is 4.79 Å². The molecule has 2 aliphatic carbocycles. The summed E-state index contributed by atoms with van der Waals surface area (Å²) in [4.78, 5) is 14.5. The van der Waals surface area contributed by atoms with E-state index in [1.54, 1.807) is 0 Å². The van der Waals surface area contributed by atoms with Crippen LogP contribution in [0.2, 0.25) is 0 Å². The number of rotatable bonds is 4. The van der Waals surface area contributed by atoms with Crippen LogP contribution in [0.5, 0.6) is 0 Å². The third-order valence-corrected chi connectivity index (χ3v) is 4.93. The number of carbonyl (C=O) groups excluding carboxylic acids is 1. The molecular weight excluding hydrogens is 224 g/mol. The van der Waals surface area contributed by atoms with E-state index in [0.717, 1.165) is 12.5 Å². The van der Waals surface area contributed by atoms with Crippen molar-refractivity contribution in [2.24, 2.45) is 5.92 Å². The first-order valence-electron chi connectivity index (χ1n) is 7.87. The predicted molar refractivity (Wildman–Crippen MR) is 72.3 cm³/mol. The zero-order chi connectivity index (χ0) is 12.4. The molecule has 3 heteroatoms. The summed E-state index contributed by atoms with van der Waals surface area (Å²) in [7, 11) is 0. The van der Waals surface area contributed by atoms with Gasteiger partial charge >= 0.3 is 0 Å². The fraction of sp³-hybridized carbons (Fsp3) is 0.933. The molecule has 3 aliphatic rings. The molecule has 1 amide bonds. The van der Waals surface area contributed by atoms with Crippen LogP contribution in [0.25, 0.3) is 0 Å². The van der Waals surface area contributed by atoms with Crippen LogP contribution < -0.4 is 5.32 Å². The van der Waals surface area contributed by atoms with Crippen LogP contribution in [-0.2, 0) is 4.79 Å². The molecule has 3 nitrogen and oxygen atoms in total. The summed E-state index contributed by atoms with van der Waals surface area (Å²) in [5.74, 6) is 1.15. The van der Waals surface area contributed by atoms with Gasteiger partial charge in [0.2, 0.25) is 5.91 Å². The molecule has 1 atom stereocenters. The van der Waals surface area contributed by atoms with E-state index in [1.165, 1.54) is 57.8 Å². The van der Waals surface area contributed by atoms with E-state index >= 15 is 0 Å². The minimum absolute atomic E-state index is 0.356. The Morgan fingerprint density at radius 2 is 1.78 bits per heavy atom. The fourth-order valence-corrected chi connectivity index (χ4v) is 3.73. The van der Waals surface area contributed by atoms with Crippen LogP contribution >= 0.6 is 0 Å². The van der Waals surface area contributed by atoms with E-state index < -0.39 is 0 Å². The van der Waals surface area contributed by atoms with Crippen molar-refractivity contribution in [3.63, 3.8) is 0 Å². The van der Waals surface area contributed by atoms with Crippen LogP contribution in [-0.4, -0.2) is 36.0 Å². The highest BCUT2D eigenvalue weighted by Gasteiger charge is 2.35. The van der Waals surface area contributed by atoms with Gasteiger partial charge in [-0.25, -0.2) is 0 Å². The molecule has 0 spiro atoms. The maximum atomic E-state index is 12.3. The normalized spacial score (nSPS) is 29.8. The molecule has 18 heavy (non-hydrogen) atoms. The summed E-state index contributed by atoms with van der Waals surface area (Å²) < 4.78 is 0. The Morgan fingerprint density at radius 1 is 1.00 bits per heavy atom. The van der Waals surface area contributed by atoms with Gasteiger partial charge in [-0.05, 0) is 44.4 Å². The van der Waals surface area contributed by atoms with Crippen molar-refractivity contribution in [1.29, 1.82) is 0 Å². The number of carbonyl (C=O) groups is 1. The Kier molecular flexibility index (Phi) is 3.88. The molecule has 0 radical (unpaired) electrons. The van der Waals surface area contributed by atoms with Gasteiger partial charge in [0.05, 0.1) is 6.54 Å². The Hall–Kier alpha value is -0.570. The summed E-state index contributed by atoms with van der Waals surface area (Å²) in [5, 5.41) is 3.37. The molecule has 3 fully saturated rings. The standard InChI is InChI=1S/C15H26N2O/c18-15(11-16-13-8-9-13)17-10-4-7-14(17)12-5-2-1-3-6-12/h12-14,16H,1-11H2. The largest absolute Gasteiger partial charge is 0.338 e. The van der Waals surface area contributed by atoms with Crippen LogP contribution in [0, 0.1) is 5.92 Å². The Labute approximate surface area is 110 Å². The first-order valence-corrected chi connectivity index (χ1v) is 7.87. The minimum atomic E-state index is 0.356. The van der Waals surface area contributed by atoms with Crippen molar-refractivity contribution >= 4 is 5.91 Å². The van der Waals surface area contributed by atoms with E-state index in [4.69, 9.17) is 0 Å². The Morgan fingerprint density at radius 3 is 2.50 bits per heavy atom. The summed E-state index contributed by atoms with van der Waals surface area (Å²) in [6.07, 6.45) is 11.9. The molecule has 102 valence electrons. The zero-order valence-electron chi connectivity index (χ0n) is 11.4. The summed E-state index contributed by atoms with van der Waals surface area (Å²) in [5.41, 5.74) is 0. The monoisotopic (exact) mass is 250 g/mol. The van der Waals surface area contributed by atoms with Gasteiger partial charge < -0.3 is 10.2 Å². The second-order valence-electron chi connectivity index (χ2n) is 6.35. The quantitative estimate of drug-likeness (QED) is 0.830. The molecule has 0 aromatic heterocycles. The first-order chi connectivity index (χ1) is 8.84. The third kappa shape index (κ3) is 2.87. The number of nitrogens with one attached hydrogen (secondary N) is 1. The van der Waals surface area contributed by atoms with E-state index in [-0.39, 0.29) is 0 Å². The maximum absolute atomic E-state index is 12.3. The number of hydrogen-bond donors (Lipinski definition) is 1. The lowest BCUT2D eigenvalue weighted by Gasteiger charge is -2.34. The van der Waals surface area contributed by atoms with Crippen molar-refractivity contribution in [2.45, 2.75) is 69.9 Å². The number of likely N-dealkylation sites (tertiary alicyclic amines) is 1. The van der Waals surface area contributed by atoms with Gasteiger partial charge in [-0.15, -0.1) is 0 Å². The van der Waals surface area contributed by atoms with Gasteiger partial charge in [0.1, 0.15) is 0 Å². The maximum Gasteiger partial charge on any atom is 0.236 e. The molecule has 0 bridgehead atoms. The molecule has 1 aliphatic heterocycles. The molecule has 1 N–H and O–H groups in total. The van der Waals surface area contributed by atoms with E-state index in [9.17, 15) is 4.79 Å². The molecule has 2 saturated carbocycles. The zero-order valence-corrected chi connectivity index (χ0v) is 11.4. The van der Waals surface area contributed by atoms with Crippen LogP contribution in [0.3, 0.4) is 0 Å². The van der Waals surface area contributed by atoms with E-state index in [0.29, 0.717) is 24.5 Å². The second kappa shape index (κ2) is 5.60. The van der Waals surface area contributed by atoms with Gasteiger partial charge in [-0.3, -0.25) is 4.79 Å². The smallest absolute Gasteiger partial charge is 0.236 e. The average molecular weight is 250 g/mol. The topological polar surface area (TPSA) is 32.3 Å². The van der Waals surface area contributed by atoms with Crippen LogP contribution in [0.15, 0.2) is 0 Å². The molecule has 3 rings (SSSR count). The van der Waals surface area contributed by atoms with Gasteiger partial charge in [0, 0.05) is 18.6 Å². The predicted octanol–water partition coefficient (Wildman–Crippen LogP) is 2.31. The van der Waals surface area contributed by atoms with Crippen molar-refractivity contribution in [2.75, 3.05) is 13.1 Å². The average Bonchev–Trinajstić information content (AvgIpc) is 3.11. The lowest BCUT2D eigenvalue weighted by Crippen LogP contribution is -2.44. The molecule has 1 saturated heterocycles. The molecule has 1 heterocycles. The second-order valence-corrected chi connectivity index (χ2v) is 6.35. The van der Waals surface area contributed by atoms with Crippen molar-refractivity contribution in [3.05, 3.63) is 0 Å². The third-order valence-electron chi connectivity index (χ3n) is 4.93. The Balaban J connectivity index is 1.53. The Bertz CT molecular complexity index is 295. The highest BCUT2D eigenvalue weighted by atomic mass is 16.2. The summed E-state index contributed by atoms with van der Waals surface area (Å²) in [6, 6.07) is 1.21.